The molecule has 0 saturated carbocycles. The van der Waals surface area contributed by atoms with Crippen molar-refractivity contribution >= 4 is 11.6 Å². The van der Waals surface area contributed by atoms with Crippen LogP contribution in [-0.4, -0.2) is 16.0 Å². The fourth-order valence-corrected chi connectivity index (χ4v) is 2.67. The van der Waals surface area contributed by atoms with Gasteiger partial charge in [0, 0.05) is 24.0 Å². The molecule has 0 bridgehead atoms. The number of hydrogen-bond acceptors (Lipinski definition) is 5. The van der Waals surface area contributed by atoms with Gasteiger partial charge in [0.05, 0.1) is 11.3 Å². The Morgan fingerprint density at radius 2 is 1.90 bits per heavy atom. The molecule has 2 aromatic carbocycles. The number of aromatic nitrogens is 2. The second kappa shape index (κ2) is 8.35. The Labute approximate surface area is 166 Å². The standard InChI is InChI=1S/C22H16FN3O3/c23-19-10-2-1-9-18(19)21-13-20(26-29-21)22(27)25-15-7-5-8-17(12-15)28-14-16-6-3-4-11-24-16/h1-13H,14H2,(H,25,27). The minimum atomic E-state index is -0.474. The van der Waals surface area contributed by atoms with Crippen LogP contribution in [0, 0.1) is 5.82 Å². The van der Waals surface area contributed by atoms with E-state index in [1.807, 2.05) is 18.2 Å². The highest BCUT2D eigenvalue weighted by Gasteiger charge is 2.16. The smallest absolute Gasteiger partial charge is 0.277 e. The molecule has 6 nitrogen and oxygen atoms in total. The molecule has 7 heteroatoms. The van der Waals surface area contributed by atoms with Crippen LogP contribution in [0.4, 0.5) is 10.1 Å². The molecule has 1 N–H and O–H groups in total. The van der Waals surface area contributed by atoms with Crippen molar-refractivity contribution in [1.29, 1.82) is 0 Å². The first-order valence-electron chi connectivity index (χ1n) is 8.85. The van der Waals surface area contributed by atoms with Crippen molar-refractivity contribution in [2.24, 2.45) is 0 Å². The van der Waals surface area contributed by atoms with Gasteiger partial charge < -0.3 is 14.6 Å². The van der Waals surface area contributed by atoms with Gasteiger partial charge in [-0.15, -0.1) is 0 Å². The van der Waals surface area contributed by atoms with Crippen molar-refractivity contribution in [1.82, 2.24) is 10.1 Å². The number of benzene rings is 2. The largest absolute Gasteiger partial charge is 0.487 e. The molecular weight excluding hydrogens is 373 g/mol. The van der Waals surface area contributed by atoms with Crippen LogP contribution in [0.2, 0.25) is 0 Å². The van der Waals surface area contributed by atoms with Gasteiger partial charge in [-0.05, 0) is 36.4 Å². The second-order valence-electron chi connectivity index (χ2n) is 6.15. The molecule has 0 aliphatic carbocycles. The summed E-state index contributed by atoms with van der Waals surface area (Å²) in [6.45, 7) is 0.313. The quantitative estimate of drug-likeness (QED) is 0.517. The van der Waals surface area contributed by atoms with E-state index in [1.54, 1.807) is 48.7 Å². The van der Waals surface area contributed by atoms with E-state index < -0.39 is 11.7 Å². The van der Waals surface area contributed by atoms with Crippen LogP contribution in [0.5, 0.6) is 5.75 Å². The van der Waals surface area contributed by atoms with Crippen molar-refractivity contribution in [3.8, 4) is 17.1 Å². The normalized spacial score (nSPS) is 10.5. The zero-order valence-corrected chi connectivity index (χ0v) is 15.2. The summed E-state index contributed by atoms with van der Waals surface area (Å²) < 4.78 is 24.7. The number of amides is 1. The Bertz CT molecular complexity index is 1130. The maximum atomic E-state index is 13.9. The third kappa shape index (κ3) is 4.47. The van der Waals surface area contributed by atoms with E-state index in [1.165, 1.54) is 12.1 Å². The van der Waals surface area contributed by atoms with Gasteiger partial charge in [-0.1, -0.05) is 29.4 Å². The second-order valence-corrected chi connectivity index (χ2v) is 6.15. The molecular formula is C22H16FN3O3. The number of carbonyl (C=O) groups is 1. The average Bonchev–Trinajstić information content (AvgIpc) is 3.24. The topological polar surface area (TPSA) is 77.2 Å². The van der Waals surface area contributed by atoms with Gasteiger partial charge in [0.2, 0.25) is 0 Å². The van der Waals surface area contributed by atoms with Crippen LogP contribution in [0.3, 0.4) is 0 Å². The van der Waals surface area contributed by atoms with Crippen LogP contribution in [-0.2, 0) is 6.61 Å². The summed E-state index contributed by atoms with van der Waals surface area (Å²) in [5.74, 6) is -0.159. The fraction of sp³-hybridized carbons (Fsp3) is 0.0455. The first kappa shape index (κ1) is 18.4. The van der Waals surface area contributed by atoms with E-state index in [0.717, 1.165) is 5.69 Å². The molecule has 0 fully saturated rings. The molecule has 0 aliphatic rings. The van der Waals surface area contributed by atoms with E-state index in [9.17, 15) is 9.18 Å². The summed E-state index contributed by atoms with van der Waals surface area (Å²) in [5, 5.41) is 6.46. The molecule has 0 aliphatic heterocycles. The van der Waals surface area contributed by atoms with Crippen molar-refractivity contribution in [3.05, 3.63) is 96.2 Å². The zero-order chi connectivity index (χ0) is 20.1. The van der Waals surface area contributed by atoms with E-state index >= 15 is 0 Å². The van der Waals surface area contributed by atoms with Gasteiger partial charge in [0.25, 0.3) is 5.91 Å². The maximum Gasteiger partial charge on any atom is 0.277 e. The highest BCUT2D eigenvalue weighted by Crippen LogP contribution is 2.24. The Morgan fingerprint density at radius 3 is 2.72 bits per heavy atom. The monoisotopic (exact) mass is 389 g/mol. The molecule has 144 valence electrons. The molecule has 4 rings (SSSR count). The molecule has 29 heavy (non-hydrogen) atoms. The SMILES string of the molecule is O=C(Nc1cccc(OCc2ccccn2)c1)c1cc(-c2ccccc2F)on1. The van der Waals surface area contributed by atoms with Gasteiger partial charge in [-0.3, -0.25) is 9.78 Å². The minimum Gasteiger partial charge on any atom is -0.487 e. The molecule has 1 amide bonds. The van der Waals surface area contributed by atoms with Gasteiger partial charge in [-0.25, -0.2) is 4.39 Å². The highest BCUT2D eigenvalue weighted by atomic mass is 19.1. The fourth-order valence-electron chi connectivity index (χ4n) is 2.67. The lowest BCUT2D eigenvalue weighted by molar-refractivity contribution is 0.101. The Hall–Kier alpha value is -4.00. The van der Waals surface area contributed by atoms with Crippen molar-refractivity contribution < 1.29 is 18.4 Å². The predicted octanol–water partition coefficient (Wildman–Crippen LogP) is 4.71. The van der Waals surface area contributed by atoms with Crippen LogP contribution in [0.25, 0.3) is 11.3 Å². The van der Waals surface area contributed by atoms with Crippen LogP contribution in [0.15, 0.2) is 83.5 Å². The molecule has 0 radical (unpaired) electrons. The predicted molar refractivity (Wildman–Crippen MR) is 105 cm³/mol. The number of pyridine rings is 1. The minimum absolute atomic E-state index is 0.0445. The van der Waals surface area contributed by atoms with E-state index in [4.69, 9.17) is 9.26 Å². The van der Waals surface area contributed by atoms with Crippen LogP contribution in [0.1, 0.15) is 16.2 Å². The lowest BCUT2D eigenvalue weighted by atomic mass is 10.1. The highest BCUT2D eigenvalue weighted by molar-refractivity contribution is 6.03. The van der Waals surface area contributed by atoms with Crippen LogP contribution < -0.4 is 10.1 Å². The molecule has 2 heterocycles. The summed E-state index contributed by atoms with van der Waals surface area (Å²) in [6.07, 6.45) is 1.70. The number of ether oxygens (including phenoxy) is 1. The third-order valence-corrected chi connectivity index (χ3v) is 4.09. The zero-order valence-electron chi connectivity index (χ0n) is 15.2. The summed E-state index contributed by atoms with van der Waals surface area (Å²) >= 11 is 0. The molecule has 0 spiro atoms. The number of nitrogens with zero attached hydrogens (tertiary/aromatic N) is 2. The van der Waals surface area contributed by atoms with E-state index in [0.29, 0.717) is 18.0 Å². The van der Waals surface area contributed by atoms with E-state index in [-0.39, 0.29) is 17.0 Å². The Morgan fingerprint density at radius 1 is 1.03 bits per heavy atom. The Balaban J connectivity index is 1.43. The van der Waals surface area contributed by atoms with Crippen LogP contribution >= 0.6 is 0 Å². The van der Waals surface area contributed by atoms with E-state index in [2.05, 4.69) is 15.5 Å². The summed E-state index contributed by atoms with van der Waals surface area (Å²) in [5.41, 5.74) is 1.61. The molecule has 4 aromatic rings. The first-order valence-corrected chi connectivity index (χ1v) is 8.85. The lowest BCUT2D eigenvalue weighted by Gasteiger charge is -2.08. The van der Waals surface area contributed by atoms with Gasteiger partial charge in [-0.2, -0.15) is 0 Å². The average molecular weight is 389 g/mol. The summed E-state index contributed by atoms with van der Waals surface area (Å²) in [6, 6.07) is 20.1. The number of rotatable bonds is 6. The van der Waals surface area contributed by atoms with Crippen molar-refractivity contribution in [2.75, 3.05) is 5.32 Å². The number of carbonyl (C=O) groups excluding carboxylic acids is 1. The number of nitrogens with one attached hydrogen (secondary N) is 1. The number of halogens is 1. The third-order valence-electron chi connectivity index (χ3n) is 4.09. The van der Waals surface area contributed by atoms with Crippen molar-refractivity contribution in [2.45, 2.75) is 6.61 Å². The molecule has 0 saturated heterocycles. The molecule has 0 atom stereocenters. The Kier molecular flexibility index (Phi) is 5.29. The lowest BCUT2D eigenvalue weighted by Crippen LogP contribution is -2.12. The maximum absolute atomic E-state index is 13.9. The number of anilines is 1. The van der Waals surface area contributed by atoms with Gasteiger partial charge in [0.15, 0.2) is 11.5 Å². The number of hydrogen-bond donors (Lipinski definition) is 1. The van der Waals surface area contributed by atoms with Gasteiger partial charge >= 0.3 is 0 Å². The van der Waals surface area contributed by atoms with Crippen molar-refractivity contribution in [3.63, 3.8) is 0 Å². The summed E-state index contributed by atoms with van der Waals surface area (Å²) in [7, 11) is 0. The summed E-state index contributed by atoms with van der Waals surface area (Å²) in [4.78, 5) is 16.7. The molecule has 2 aromatic heterocycles. The first-order chi connectivity index (χ1) is 14.2. The molecule has 0 unspecified atom stereocenters. The van der Waals surface area contributed by atoms with Gasteiger partial charge in [0.1, 0.15) is 18.2 Å².